The van der Waals surface area contributed by atoms with Crippen LogP contribution in [0, 0.1) is 0 Å². The molecule has 0 amide bonds. The highest BCUT2D eigenvalue weighted by Gasteiger charge is 2.23. The van der Waals surface area contributed by atoms with E-state index in [2.05, 4.69) is 22.0 Å². The van der Waals surface area contributed by atoms with Crippen LogP contribution in [0.25, 0.3) is 0 Å². The molecule has 2 heteroatoms. The molecule has 1 heterocycles. The van der Waals surface area contributed by atoms with E-state index in [1.165, 1.54) is 40.4 Å². The summed E-state index contributed by atoms with van der Waals surface area (Å²) in [5.41, 5.74) is 4.41. The molecule has 0 aromatic heterocycles. The van der Waals surface area contributed by atoms with Gasteiger partial charge in [0.2, 0.25) is 0 Å². The standard InChI is InChI=1S/C11H11BrO/c12-11-8-3-1-2-7(8)6-10-9(11)4-5-13-10/h6H,1-5H2. The van der Waals surface area contributed by atoms with Gasteiger partial charge >= 0.3 is 0 Å². The van der Waals surface area contributed by atoms with Crippen LogP contribution in [0.1, 0.15) is 23.1 Å². The lowest BCUT2D eigenvalue weighted by molar-refractivity contribution is 0.356. The van der Waals surface area contributed by atoms with Gasteiger partial charge in [-0.15, -0.1) is 0 Å². The van der Waals surface area contributed by atoms with Crippen LogP contribution in [0.5, 0.6) is 5.75 Å². The molecule has 1 nitrogen and oxygen atoms in total. The number of halogens is 1. The second-order valence-corrected chi connectivity index (χ2v) is 4.55. The molecule has 1 aromatic rings. The summed E-state index contributed by atoms with van der Waals surface area (Å²) in [6, 6.07) is 2.25. The van der Waals surface area contributed by atoms with Crippen LogP contribution in [-0.2, 0) is 19.3 Å². The fourth-order valence-electron chi connectivity index (χ4n) is 2.34. The molecule has 0 spiro atoms. The first-order valence-corrected chi connectivity index (χ1v) is 5.61. The van der Waals surface area contributed by atoms with Crippen LogP contribution < -0.4 is 4.74 Å². The first-order chi connectivity index (χ1) is 6.36. The third kappa shape index (κ3) is 1.05. The lowest BCUT2D eigenvalue weighted by Crippen LogP contribution is -1.89. The van der Waals surface area contributed by atoms with Gasteiger partial charge in [0.1, 0.15) is 5.75 Å². The van der Waals surface area contributed by atoms with Crippen LogP contribution in [0.4, 0.5) is 0 Å². The topological polar surface area (TPSA) is 9.23 Å². The Balaban J connectivity index is 2.26. The Labute approximate surface area is 86.2 Å². The van der Waals surface area contributed by atoms with Gasteiger partial charge < -0.3 is 4.74 Å². The Morgan fingerprint density at radius 2 is 2.08 bits per heavy atom. The Morgan fingerprint density at radius 1 is 1.15 bits per heavy atom. The smallest absolute Gasteiger partial charge is 0.124 e. The van der Waals surface area contributed by atoms with Crippen LogP contribution in [0.15, 0.2) is 10.5 Å². The number of ether oxygens (including phenoxy) is 1. The van der Waals surface area contributed by atoms with E-state index in [0.717, 1.165) is 18.8 Å². The summed E-state index contributed by atoms with van der Waals surface area (Å²) in [4.78, 5) is 0. The van der Waals surface area contributed by atoms with Crippen molar-refractivity contribution in [2.24, 2.45) is 0 Å². The van der Waals surface area contributed by atoms with E-state index >= 15 is 0 Å². The Hall–Kier alpha value is -0.500. The summed E-state index contributed by atoms with van der Waals surface area (Å²) in [7, 11) is 0. The maximum absolute atomic E-state index is 5.57. The normalized spacial score (nSPS) is 18.2. The summed E-state index contributed by atoms with van der Waals surface area (Å²) in [6.07, 6.45) is 4.84. The zero-order valence-corrected chi connectivity index (χ0v) is 8.99. The molecule has 0 saturated heterocycles. The molecule has 0 saturated carbocycles. The second kappa shape index (κ2) is 2.74. The van der Waals surface area contributed by atoms with Gasteiger partial charge in [-0.05, 0) is 36.5 Å². The number of hydrogen-bond acceptors (Lipinski definition) is 1. The average Bonchev–Trinajstić information content (AvgIpc) is 2.71. The highest BCUT2D eigenvalue weighted by molar-refractivity contribution is 9.10. The van der Waals surface area contributed by atoms with Crippen molar-refractivity contribution in [3.8, 4) is 5.75 Å². The lowest BCUT2D eigenvalue weighted by Gasteiger charge is -2.07. The minimum atomic E-state index is 0.858. The first kappa shape index (κ1) is 7.86. The monoisotopic (exact) mass is 238 g/mol. The molecular formula is C11H11BrO. The minimum Gasteiger partial charge on any atom is -0.493 e. The van der Waals surface area contributed by atoms with Crippen molar-refractivity contribution >= 4 is 15.9 Å². The van der Waals surface area contributed by atoms with Gasteiger partial charge in [-0.3, -0.25) is 0 Å². The SMILES string of the molecule is Brc1c2c(cc3c1CCO3)CCC2. The Bertz CT molecular complexity index is 339. The van der Waals surface area contributed by atoms with Gasteiger partial charge in [0, 0.05) is 16.5 Å². The molecule has 1 aliphatic carbocycles. The van der Waals surface area contributed by atoms with Gasteiger partial charge in [-0.2, -0.15) is 0 Å². The number of rotatable bonds is 0. The molecule has 1 aliphatic heterocycles. The molecule has 13 heavy (non-hydrogen) atoms. The molecule has 0 unspecified atom stereocenters. The zero-order chi connectivity index (χ0) is 8.84. The van der Waals surface area contributed by atoms with Crippen molar-refractivity contribution < 1.29 is 4.74 Å². The maximum Gasteiger partial charge on any atom is 0.124 e. The lowest BCUT2D eigenvalue weighted by atomic mass is 10.0. The van der Waals surface area contributed by atoms with Crippen molar-refractivity contribution in [3.63, 3.8) is 0 Å². The first-order valence-electron chi connectivity index (χ1n) is 4.82. The van der Waals surface area contributed by atoms with E-state index < -0.39 is 0 Å². The van der Waals surface area contributed by atoms with Crippen molar-refractivity contribution in [1.82, 2.24) is 0 Å². The van der Waals surface area contributed by atoms with E-state index in [1.54, 1.807) is 0 Å². The molecular weight excluding hydrogens is 228 g/mol. The van der Waals surface area contributed by atoms with Gasteiger partial charge in [-0.25, -0.2) is 0 Å². The van der Waals surface area contributed by atoms with Crippen molar-refractivity contribution in [2.75, 3.05) is 6.61 Å². The highest BCUT2D eigenvalue weighted by Crippen LogP contribution is 2.40. The molecule has 0 N–H and O–H groups in total. The predicted octanol–water partition coefficient (Wildman–Crippen LogP) is 2.87. The number of hydrogen-bond donors (Lipinski definition) is 0. The largest absolute Gasteiger partial charge is 0.493 e. The predicted molar refractivity (Wildman–Crippen MR) is 55.4 cm³/mol. The van der Waals surface area contributed by atoms with Crippen LogP contribution >= 0.6 is 15.9 Å². The average molecular weight is 239 g/mol. The van der Waals surface area contributed by atoms with E-state index in [4.69, 9.17) is 4.74 Å². The van der Waals surface area contributed by atoms with Crippen LogP contribution in [-0.4, -0.2) is 6.61 Å². The van der Waals surface area contributed by atoms with E-state index in [-0.39, 0.29) is 0 Å². The molecule has 1 aromatic carbocycles. The zero-order valence-electron chi connectivity index (χ0n) is 7.40. The van der Waals surface area contributed by atoms with Gasteiger partial charge in [0.15, 0.2) is 0 Å². The van der Waals surface area contributed by atoms with Crippen molar-refractivity contribution in [3.05, 3.63) is 27.2 Å². The summed E-state index contributed by atoms with van der Waals surface area (Å²) in [5.74, 6) is 1.12. The second-order valence-electron chi connectivity index (χ2n) is 3.76. The molecule has 2 aliphatic rings. The van der Waals surface area contributed by atoms with Gasteiger partial charge in [0.25, 0.3) is 0 Å². The molecule has 3 rings (SSSR count). The number of fused-ring (bicyclic) bond motifs is 2. The number of benzene rings is 1. The third-order valence-corrected chi connectivity index (χ3v) is 3.96. The van der Waals surface area contributed by atoms with Gasteiger partial charge in [0.05, 0.1) is 6.61 Å². The summed E-state index contributed by atoms with van der Waals surface area (Å²) >= 11 is 3.70. The fourth-order valence-corrected chi connectivity index (χ4v) is 3.18. The van der Waals surface area contributed by atoms with Crippen molar-refractivity contribution in [2.45, 2.75) is 25.7 Å². The molecule has 0 radical (unpaired) electrons. The molecule has 0 atom stereocenters. The molecule has 0 fully saturated rings. The highest BCUT2D eigenvalue weighted by atomic mass is 79.9. The summed E-state index contributed by atoms with van der Waals surface area (Å²) < 4.78 is 6.90. The van der Waals surface area contributed by atoms with Crippen LogP contribution in [0.3, 0.4) is 0 Å². The van der Waals surface area contributed by atoms with E-state index in [9.17, 15) is 0 Å². The summed E-state index contributed by atoms with van der Waals surface area (Å²) in [6.45, 7) is 0.858. The molecule has 68 valence electrons. The third-order valence-electron chi connectivity index (χ3n) is 3.00. The number of aryl methyl sites for hydroxylation is 1. The minimum absolute atomic E-state index is 0.858. The maximum atomic E-state index is 5.57. The van der Waals surface area contributed by atoms with E-state index in [1.807, 2.05) is 0 Å². The Morgan fingerprint density at radius 3 is 3.00 bits per heavy atom. The fraction of sp³-hybridized carbons (Fsp3) is 0.455. The Kier molecular flexibility index (Phi) is 1.66. The van der Waals surface area contributed by atoms with Gasteiger partial charge in [-0.1, -0.05) is 15.9 Å². The van der Waals surface area contributed by atoms with E-state index in [0.29, 0.717) is 0 Å². The summed E-state index contributed by atoms with van der Waals surface area (Å²) in [5, 5.41) is 0. The molecule has 0 bridgehead atoms. The van der Waals surface area contributed by atoms with Crippen LogP contribution in [0.2, 0.25) is 0 Å². The quantitative estimate of drug-likeness (QED) is 0.676. The van der Waals surface area contributed by atoms with Crippen molar-refractivity contribution in [1.29, 1.82) is 0 Å².